The van der Waals surface area contributed by atoms with Crippen molar-refractivity contribution in [3.8, 4) is 0 Å². The third-order valence-corrected chi connectivity index (χ3v) is 2.52. The molecule has 1 saturated heterocycles. The lowest BCUT2D eigenvalue weighted by Crippen LogP contribution is -2.36. The first kappa shape index (κ1) is 11.6. The summed E-state index contributed by atoms with van der Waals surface area (Å²) < 4.78 is 18.9. The Morgan fingerprint density at radius 2 is 2.12 bits per heavy atom. The molecule has 7 heteroatoms. The van der Waals surface area contributed by atoms with Crippen LogP contribution >= 0.6 is 0 Å². The molecule has 0 saturated carbocycles. The van der Waals surface area contributed by atoms with E-state index in [1.807, 2.05) is 10.3 Å². The third-order valence-electron chi connectivity index (χ3n) is 2.52. The van der Waals surface area contributed by atoms with Crippen LogP contribution in [0.1, 0.15) is 0 Å². The van der Waals surface area contributed by atoms with Crippen LogP contribution in [-0.4, -0.2) is 31.3 Å². The highest BCUT2D eigenvalue weighted by Gasteiger charge is 2.15. The molecule has 1 N–H and O–H groups in total. The second-order valence-corrected chi connectivity index (χ2v) is 3.63. The minimum absolute atomic E-state index is 0.129. The van der Waals surface area contributed by atoms with Gasteiger partial charge >= 0.3 is 0 Å². The van der Waals surface area contributed by atoms with E-state index >= 15 is 0 Å². The molecular formula is C10H12FN3O3. The van der Waals surface area contributed by atoms with E-state index in [1.165, 1.54) is 12.1 Å². The molecule has 0 spiro atoms. The number of hydrogen-bond acceptors (Lipinski definition) is 4. The number of morpholine rings is 1. The Bertz CT molecular complexity index is 421. The maximum Gasteiger partial charge on any atom is 0.162 e. The Labute approximate surface area is 97.1 Å². The van der Waals surface area contributed by atoms with Crippen LogP contribution in [0.2, 0.25) is 0 Å². The number of benzene rings is 1. The molecule has 1 heterocycles. The van der Waals surface area contributed by atoms with Crippen LogP contribution < -0.4 is 10.3 Å². The summed E-state index contributed by atoms with van der Waals surface area (Å²) in [7, 11) is 0. The normalized spacial score (nSPS) is 15.7. The molecule has 0 unspecified atom stereocenters. The van der Waals surface area contributed by atoms with Gasteiger partial charge < -0.3 is 9.64 Å². The average molecular weight is 241 g/mol. The van der Waals surface area contributed by atoms with Gasteiger partial charge in [-0.25, -0.2) is 14.5 Å². The fourth-order valence-corrected chi connectivity index (χ4v) is 1.74. The molecule has 17 heavy (non-hydrogen) atoms. The monoisotopic (exact) mass is 241 g/mol. The molecule has 0 amide bonds. The number of hydrazine groups is 1. The number of ether oxygens (including phenoxy) is 1. The number of nitro groups is 1. The van der Waals surface area contributed by atoms with Gasteiger partial charge in [-0.3, -0.25) is 0 Å². The van der Waals surface area contributed by atoms with Crippen molar-refractivity contribution in [1.82, 2.24) is 0 Å². The number of hydrogen-bond donors (Lipinski definition) is 1. The Kier molecular flexibility index (Phi) is 3.38. The largest absolute Gasteiger partial charge is 0.378 e. The molecule has 1 fully saturated rings. The zero-order valence-corrected chi connectivity index (χ0v) is 9.06. The first-order valence-corrected chi connectivity index (χ1v) is 5.20. The van der Waals surface area contributed by atoms with Crippen LogP contribution in [0.5, 0.6) is 0 Å². The molecule has 0 aliphatic carbocycles. The van der Waals surface area contributed by atoms with Gasteiger partial charge in [0.1, 0.15) is 11.5 Å². The smallest absolute Gasteiger partial charge is 0.162 e. The number of nitrogens with one attached hydrogen (secondary N) is 1. The van der Waals surface area contributed by atoms with Gasteiger partial charge in [0.2, 0.25) is 0 Å². The van der Waals surface area contributed by atoms with Crippen molar-refractivity contribution in [2.75, 3.05) is 36.6 Å². The van der Waals surface area contributed by atoms with Crippen molar-refractivity contribution in [2.24, 2.45) is 0 Å². The van der Waals surface area contributed by atoms with Crippen molar-refractivity contribution in [2.45, 2.75) is 0 Å². The Morgan fingerprint density at radius 1 is 1.41 bits per heavy atom. The van der Waals surface area contributed by atoms with Crippen LogP contribution in [0, 0.1) is 15.9 Å². The van der Waals surface area contributed by atoms with Gasteiger partial charge in [0.05, 0.1) is 18.9 Å². The standard InChI is InChI=1S/C10H12FN3O3/c11-9-7-8(12-14(15)16)1-2-10(9)13-3-5-17-6-4-13/h1-2,7,12H,3-6H2. The zero-order chi connectivity index (χ0) is 12.3. The lowest BCUT2D eigenvalue weighted by atomic mass is 10.2. The molecule has 6 nitrogen and oxygen atoms in total. The summed E-state index contributed by atoms with van der Waals surface area (Å²) in [6, 6.07) is 4.14. The van der Waals surface area contributed by atoms with E-state index in [0.29, 0.717) is 32.0 Å². The minimum atomic E-state index is -0.719. The van der Waals surface area contributed by atoms with Gasteiger partial charge in [-0.2, -0.15) is 0 Å². The first-order chi connectivity index (χ1) is 8.16. The molecule has 0 atom stereocenters. The fourth-order valence-electron chi connectivity index (χ4n) is 1.74. The number of nitrogens with zero attached hydrogens (tertiary/aromatic N) is 2. The predicted molar refractivity (Wildman–Crippen MR) is 60.0 cm³/mol. The topological polar surface area (TPSA) is 67.6 Å². The van der Waals surface area contributed by atoms with Crippen molar-refractivity contribution in [3.63, 3.8) is 0 Å². The molecule has 1 aliphatic heterocycles. The van der Waals surface area contributed by atoms with Crippen LogP contribution in [-0.2, 0) is 4.74 Å². The SMILES string of the molecule is O=[N+]([O-])Nc1ccc(N2CCOCC2)c(F)c1. The molecule has 1 aliphatic rings. The summed E-state index contributed by atoms with van der Waals surface area (Å²) in [5.41, 5.74) is 2.49. The molecule has 1 aromatic rings. The van der Waals surface area contributed by atoms with E-state index in [-0.39, 0.29) is 5.69 Å². The van der Waals surface area contributed by atoms with Crippen molar-refractivity contribution >= 4 is 11.4 Å². The van der Waals surface area contributed by atoms with Crippen molar-refractivity contribution in [1.29, 1.82) is 0 Å². The quantitative estimate of drug-likeness (QED) is 0.637. The Balaban J connectivity index is 2.15. The number of halogens is 1. The van der Waals surface area contributed by atoms with Gasteiger partial charge in [0.15, 0.2) is 5.03 Å². The maximum atomic E-state index is 13.7. The summed E-state index contributed by atoms with van der Waals surface area (Å²) in [4.78, 5) is 12.1. The Morgan fingerprint density at radius 3 is 2.71 bits per heavy atom. The minimum Gasteiger partial charge on any atom is -0.378 e. The second-order valence-electron chi connectivity index (χ2n) is 3.63. The number of anilines is 2. The van der Waals surface area contributed by atoms with E-state index in [2.05, 4.69) is 0 Å². The van der Waals surface area contributed by atoms with Crippen molar-refractivity contribution < 1.29 is 14.2 Å². The number of rotatable bonds is 3. The molecule has 1 aromatic carbocycles. The van der Waals surface area contributed by atoms with Gasteiger partial charge in [0, 0.05) is 19.2 Å². The highest BCUT2D eigenvalue weighted by atomic mass is 19.1. The molecule has 92 valence electrons. The highest BCUT2D eigenvalue weighted by Crippen LogP contribution is 2.23. The molecule has 2 rings (SSSR count). The van der Waals surface area contributed by atoms with Gasteiger partial charge in [-0.05, 0) is 12.1 Å². The lowest BCUT2D eigenvalue weighted by Gasteiger charge is -2.29. The predicted octanol–water partition coefficient (Wildman–Crippen LogP) is 1.27. The summed E-state index contributed by atoms with van der Waals surface area (Å²) in [6.45, 7) is 2.38. The van der Waals surface area contributed by atoms with E-state index in [9.17, 15) is 14.5 Å². The Hall–Kier alpha value is -1.89. The second kappa shape index (κ2) is 4.96. The van der Waals surface area contributed by atoms with Gasteiger partial charge in [0.25, 0.3) is 0 Å². The summed E-state index contributed by atoms with van der Waals surface area (Å²) in [6.07, 6.45) is 0. The summed E-state index contributed by atoms with van der Waals surface area (Å²) in [5, 5.41) is 9.49. The lowest BCUT2D eigenvalue weighted by molar-refractivity contribution is -0.445. The maximum absolute atomic E-state index is 13.7. The van der Waals surface area contributed by atoms with Crippen molar-refractivity contribution in [3.05, 3.63) is 34.1 Å². The van der Waals surface area contributed by atoms with E-state index in [4.69, 9.17) is 4.74 Å². The highest BCUT2D eigenvalue weighted by molar-refractivity contribution is 5.55. The average Bonchev–Trinajstić information content (AvgIpc) is 2.29. The van der Waals surface area contributed by atoms with Crippen LogP contribution in [0.4, 0.5) is 15.8 Å². The fraction of sp³-hybridized carbons (Fsp3) is 0.400. The van der Waals surface area contributed by atoms with E-state index < -0.39 is 10.8 Å². The summed E-state index contributed by atoms with van der Waals surface area (Å²) >= 11 is 0. The van der Waals surface area contributed by atoms with Gasteiger partial charge in [-0.1, -0.05) is 0 Å². The van der Waals surface area contributed by atoms with Crippen LogP contribution in [0.3, 0.4) is 0 Å². The van der Waals surface area contributed by atoms with E-state index in [0.717, 1.165) is 6.07 Å². The third kappa shape index (κ3) is 2.82. The molecule has 0 bridgehead atoms. The summed E-state index contributed by atoms with van der Waals surface area (Å²) in [5.74, 6) is -0.473. The molecular weight excluding hydrogens is 229 g/mol. The zero-order valence-electron chi connectivity index (χ0n) is 9.06. The molecule has 0 radical (unpaired) electrons. The first-order valence-electron chi connectivity index (χ1n) is 5.20. The van der Waals surface area contributed by atoms with Crippen LogP contribution in [0.15, 0.2) is 18.2 Å². The molecule has 0 aromatic heterocycles. The van der Waals surface area contributed by atoms with Crippen LogP contribution in [0.25, 0.3) is 0 Å². The van der Waals surface area contributed by atoms with Gasteiger partial charge in [-0.15, -0.1) is 5.43 Å². The van der Waals surface area contributed by atoms with E-state index in [1.54, 1.807) is 0 Å².